The predicted molar refractivity (Wildman–Crippen MR) is 122 cm³/mol. The molecule has 1 aliphatic rings. The lowest BCUT2D eigenvalue weighted by Crippen LogP contribution is -2.27. The van der Waals surface area contributed by atoms with Crippen LogP contribution in [0.2, 0.25) is 5.28 Å². The first-order valence-corrected chi connectivity index (χ1v) is 11.0. The summed E-state index contributed by atoms with van der Waals surface area (Å²) in [5.74, 6) is 1.09. The van der Waals surface area contributed by atoms with Crippen molar-refractivity contribution in [2.24, 2.45) is 11.8 Å². The van der Waals surface area contributed by atoms with Gasteiger partial charge in [-0.05, 0) is 81.7 Å². The highest BCUT2D eigenvalue weighted by molar-refractivity contribution is 6.28. The lowest BCUT2D eigenvalue weighted by Gasteiger charge is -2.24. The van der Waals surface area contributed by atoms with Crippen molar-refractivity contribution in [1.29, 1.82) is 0 Å². The number of aromatic amines is 1. The summed E-state index contributed by atoms with van der Waals surface area (Å²) in [6, 6.07) is 5.98. The third kappa shape index (κ3) is 5.15. The van der Waals surface area contributed by atoms with E-state index in [4.69, 9.17) is 16.3 Å². The lowest BCUT2D eigenvalue weighted by atomic mass is 9.86. The van der Waals surface area contributed by atoms with Crippen LogP contribution in [-0.2, 0) is 22.4 Å². The van der Waals surface area contributed by atoms with E-state index < -0.39 is 5.60 Å². The van der Waals surface area contributed by atoms with E-state index in [0.717, 1.165) is 52.9 Å². The number of fused-ring (bicyclic) bond motifs is 2. The minimum absolute atomic E-state index is 0.147. The molecule has 7 nitrogen and oxygen atoms in total. The minimum Gasteiger partial charge on any atom is -0.460 e. The number of carbonyl (C=O) groups excluding carboxylic acids is 1. The molecule has 1 aliphatic carbocycles. The van der Waals surface area contributed by atoms with Crippen molar-refractivity contribution in [1.82, 2.24) is 20.2 Å². The summed E-state index contributed by atoms with van der Waals surface area (Å²) < 4.78 is 5.55. The Morgan fingerprint density at radius 1 is 1.32 bits per heavy atom. The molecule has 0 saturated carbocycles. The first-order chi connectivity index (χ1) is 14.7. The third-order valence-corrected chi connectivity index (χ3v) is 5.87. The van der Waals surface area contributed by atoms with Gasteiger partial charge in [-0.15, -0.1) is 0 Å². The largest absolute Gasteiger partial charge is 0.460 e. The molecule has 1 aromatic carbocycles. The molecule has 0 saturated heterocycles. The molecule has 0 amide bonds. The van der Waals surface area contributed by atoms with Gasteiger partial charge in [-0.2, -0.15) is 5.10 Å². The molecule has 0 aliphatic heterocycles. The topological polar surface area (TPSA) is 92.8 Å². The Balaban J connectivity index is 1.55. The number of nitrogens with zero attached hydrogens (tertiary/aromatic N) is 3. The molecule has 2 aromatic heterocycles. The number of ether oxygens (including phenoxy) is 1. The molecule has 0 fully saturated rings. The van der Waals surface area contributed by atoms with Gasteiger partial charge >= 0.3 is 5.97 Å². The molecule has 164 valence electrons. The van der Waals surface area contributed by atoms with Crippen LogP contribution < -0.4 is 5.32 Å². The molecule has 2 unspecified atom stereocenters. The van der Waals surface area contributed by atoms with Crippen LogP contribution in [0.3, 0.4) is 0 Å². The monoisotopic (exact) mass is 441 g/mol. The van der Waals surface area contributed by atoms with E-state index in [9.17, 15) is 4.79 Å². The predicted octanol–water partition coefficient (Wildman–Crippen LogP) is 5.22. The number of anilines is 2. The molecule has 2 N–H and O–H groups in total. The second-order valence-corrected chi connectivity index (χ2v) is 9.67. The zero-order valence-electron chi connectivity index (χ0n) is 18.3. The summed E-state index contributed by atoms with van der Waals surface area (Å²) in [6.07, 6.45) is 4.60. The van der Waals surface area contributed by atoms with Gasteiger partial charge in [-0.25, -0.2) is 9.97 Å². The van der Waals surface area contributed by atoms with E-state index in [1.807, 2.05) is 39.0 Å². The number of aromatic nitrogens is 4. The van der Waals surface area contributed by atoms with E-state index in [1.54, 1.807) is 6.20 Å². The van der Waals surface area contributed by atoms with Crippen LogP contribution in [0.1, 0.15) is 51.8 Å². The maximum Gasteiger partial charge on any atom is 0.306 e. The SMILES string of the molecule is CC1Cc2nc(Cl)nc(Nc3ccc4[nH]ncc4c3)c2CCC1CC(=O)OC(C)(C)C. The summed E-state index contributed by atoms with van der Waals surface area (Å²) in [6.45, 7) is 7.86. The normalized spacial score (nSPS) is 19.0. The smallest absolute Gasteiger partial charge is 0.306 e. The molecule has 0 bridgehead atoms. The van der Waals surface area contributed by atoms with Crippen molar-refractivity contribution in [2.75, 3.05) is 5.32 Å². The molecule has 8 heteroatoms. The van der Waals surface area contributed by atoms with Crippen molar-refractivity contribution in [3.63, 3.8) is 0 Å². The summed E-state index contributed by atoms with van der Waals surface area (Å²) in [5.41, 5.74) is 3.43. The highest BCUT2D eigenvalue weighted by atomic mass is 35.5. The Morgan fingerprint density at radius 3 is 2.90 bits per heavy atom. The van der Waals surface area contributed by atoms with E-state index in [2.05, 4.69) is 32.4 Å². The summed E-state index contributed by atoms with van der Waals surface area (Å²) in [7, 11) is 0. The average molecular weight is 442 g/mol. The average Bonchev–Trinajstić information content (AvgIpc) is 3.06. The van der Waals surface area contributed by atoms with Gasteiger partial charge in [0.25, 0.3) is 0 Å². The molecular formula is C23H28ClN5O2. The summed E-state index contributed by atoms with van der Waals surface area (Å²) >= 11 is 6.27. The van der Waals surface area contributed by atoms with Crippen LogP contribution in [0.5, 0.6) is 0 Å². The van der Waals surface area contributed by atoms with Crippen LogP contribution >= 0.6 is 11.6 Å². The Hall–Kier alpha value is -2.67. The molecule has 31 heavy (non-hydrogen) atoms. The Bertz CT molecular complexity index is 1110. The maximum absolute atomic E-state index is 12.4. The third-order valence-electron chi connectivity index (χ3n) is 5.70. The fourth-order valence-corrected chi connectivity index (χ4v) is 4.37. The van der Waals surface area contributed by atoms with E-state index >= 15 is 0 Å². The van der Waals surface area contributed by atoms with E-state index in [-0.39, 0.29) is 23.1 Å². The number of nitrogens with one attached hydrogen (secondary N) is 2. The molecule has 3 aromatic rings. The minimum atomic E-state index is -0.472. The van der Waals surface area contributed by atoms with Gasteiger partial charge in [-0.3, -0.25) is 9.89 Å². The quantitative estimate of drug-likeness (QED) is 0.327. The molecule has 2 heterocycles. The van der Waals surface area contributed by atoms with E-state index in [0.29, 0.717) is 6.42 Å². The number of hydrogen-bond donors (Lipinski definition) is 2. The number of benzene rings is 1. The number of carbonyl (C=O) groups is 1. The van der Waals surface area contributed by atoms with Crippen molar-refractivity contribution in [2.45, 2.75) is 59.0 Å². The molecule has 2 atom stereocenters. The zero-order valence-corrected chi connectivity index (χ0v) is 19.1. The van der Waals surface area contributed by atoms with Gasteiger partial charge < -0.3 is 10.1 Å². The van der Waals surface area contributed by atoms with Crippen molar-refractivity contribution in [3.8, 4) is 0 Å². The second kappa shape index (κ2) is 8.46. The van der Waals surface area contributed by atoms with Crippen molar-refractivity contribution >= 4 is 40.0 Å². The molecule has 0 spiro atoms. The number of hydrogen-bond acceptors (Lipinski definition) is 6. The van der Waals surface area contributed by atoms with E-state index in [1.165, 1.54) is 0 Å². The Labute approximate surface area is 187 Å². The molecular weight excluding hydrogens is 414 g/mol. The van der Waals surface area contributed by atoms with Crippen LogP contribution in [-0.4, -0.2) is 31.7 Å². The van der Waals surface area contributed by atoms with Gasteiger partial charge in [0.1, 0.15) is 11.4 Å². The first-order valence-electron chi connectivity index (χ1n) is 10.7. The number of H-pyrrole nitrogens is 1. The van der Waals surface area contributed by atoms with Gasteiger partial charge in [0.15, 0.2) is 0 Å². The van der Waals surface area contributed by atoms with Gasteiger partial charge in [-0.1, -0.05) is 6.92 Å². The Kier molecular flexibility index (Phi) is 5.88. The second-order valence-electron chi connectivity index (χ2n) is 9.33. The maximum atomic E-state index is 12.4. The number of esters is 1. The standard InChI is InChI=1S/C23H28ClN5O2/c1-13-9-19-17(7-5-14(13)11-20(30)31-23(2,3)4)21(28-22(24)27-19)26-16-6-8-18-15(10-16)12-25-29-18/h6,8,10,12-14H,5,7,9,11H2,1-4H3,(H,25,29)(H,26,27,28). The van der Waals surface area contributed by atoms with Crippen molar-refractivity contribution < 1.29 is 9.53 Å². The molecule has 4 rings (SSSR count). The molecule has 0 radical (unpaired) electrons. The van der Waals surface area contributed by atoms with Crippen LogP contribution in [0, 0.1) is 11.8 Å². The lowest BCUT2D eigenvalue weighted by molar-refractivity contribution is -0.156. The fourth-order valence-electron chi connectivity index (χ4n) is 4.18. The van der Waals surface area contributed by atoms with Gasteiger partial charge in [0, 0.05) is 23.1 Å². The summed E-state index contributed by atoms with van der Waals surface area (Å²) in [4.78, 5) is 21.4. The van der Waals surface area contributed by atoms with Crippen LogP contribution in [0.25, 0.3) is 10.9 Å². The highest BCUT2D eigenvalue weighted by Gasteiger charge is 2.29. The first kappa shape index (κ1) is 21.6. The number of rotatable bonds is 4. The Morgan fingerprint density at radius 2 is 2.13 bits per heavy atom. The number of halogens is 1. The zero-order chi connectivity index (χ0) is 22.2. The fraction of sp³-hybridized carbons (Fsp3) is 0.478. The van der Waals surface area contributed by atoms with Crippen molar-refractivity contribution in [3.05, 3.63) is 40.9 Å². The van der Waals surface area contributed by atoms with Gasteiger partial charge in [0.2, 0.25) is 5.28 Å². The van der Waals surface area contributed by atoms with Crippen LogP contribution in [0.4, 0.5) is 11.5 Å². The van der Waals surface area contributed by atoms with Crippen LogP contribution in [0.15, 0.2) is 24.4 Å². The highest BCUT2D eigenvalue weighted by Crippen LogP contribution is 2.35. The summed E-state index contributed by atoms with van der Waals surface area (Å²) in [5, 5.41) is 11.7. The van der Waals surface area contributed by atoms with Gasteiger partial charge in [0.05, 0.1) is 17.4 Å².